The Hall–Kier alpha value is -3.48. The number of methoxy groups -OCH3 is 1. The summed E-state index contributed by atoms with van der Waals surface area (Å²) in [5.41, 5.74) is 1.17. The Bertz CT molecular complexity index is 1150. The van der Waals surface area contributed by atoms with Crippen LogP contribution in [0, 0.1) is 0 Å². The zero-order chi connectivity index (χ0) is 22.0. The van der Waals surface area contributed by atoms with Gasteiger partial charge in [0.2, 0.25) is 0 Å². The Kier molecular flexibility index (Phi) is 5.84. The lowest BCUT2D eigenvalue weighted by Crippen LogP contribution is -2.49. The highest BCUT2D eigenvalue weighted by molar-refractivity contribution is 6.05. The summed E-state index contributed by atoms with van der Waals surface area (Å²) in [6.45, 7) is 6.30. The van der Waals surface area contributed by atoms with Crippen molar-refractivity contribution in [3.05, 3.63) is 64.5 Å². The fourth-order valence-electron chi connectivity index (χ4n) is 3.88. The van der Waals surface area contributed by atoms with Gasteiger partial charge in [-0.25, -0.2) is 4.79 Å². The summed E-state index contributed by atoms with van der Waals surface area (Å²) < 4.78 is 16.5. The largest absolute Gasteiger partial charge is 0.495 e. The van der Waals surface area contributed by atoms with Crippen molar-refractivity contribution in [2.45, 2.75) is 20.0 Å². The van der Waals surface area contributed by atoms with Gasteiger partial charge in [0.25, 0.3) is 5.91 Å². The van der Waals surface area contributed by atoms with Gasteiger partial charge in [0, 0.05) is 43.7 Å². The minimum absolute atomic E-state index is 0.00600. The van der Waals surface area contributed by atoms with Crippen LogP contribution in [-0.2, 0) is 0 Å². The molecule has 0 saturated carbocycles. The Balaban J connectivity index is 1.55. The van der Waals surface area contributed by atoms with E-state index in [4.69, 9.17) is 13.9 Å². The van der Waals surface area contributed by atoms with Crippen LogP contribution in [-0.4, -0.2) is 50.2 Å². The number of anilines is 1. The molecule has 7 heteroatoms. The Labute approximate surface area is 180 Å². The fourth-order valence-corrected chi connectivity index (χ4v) is 3.88. The average molecular weight is 422 g/mol. The summed E-state index contributed by atoms with van der Waals surface area (Å²) in [6, 6.07) is 14.4. The first-order chi connectivity index (χ1) is 15.0. The number of hydrogen-bond acceptors (Lipinski definition) is 6. The monoisotopic (exact) mass is 422 g/mol. The van der Waals surface area contributed by atoms with Crippen LogP contribution in [0.1, 0.15) is 24.2 Å². The van der Waals surface area contributed by atoms with Crippen LogP contribution in [0.25, 0.3) is 11.0 Å². The number of benzene rings is 2. The van der Waals surface area contributed by atoms with E-state index in [0.717, 1.165) is 11.4 Å². The highest BCUT2D eigenvalue weighted by atomic mass is 16.5. The molecule has 2 aromatic carbocycles. The van der Waals surface area contributed by atoms with Gasteiger partial charge in [0.1, 0.15) is 17.1 Å². The molecular weight excluding hydrogens is 396 g/mol. The molecule has 7 nitrogen and oxygen atoms in total. The van der Waals surface area contributed by atoms with E-state index in [0.29, 0.717) is 48.5 Å². The zero-order valence-corrected chi connectivity index (χ0v) is 18.0. The molecule has 0 atom stereocenters. The van der Waals surface area contributed by atoms with Crippen molar-refractivity contribution in [1.82, 2.24) is 4.90 Å². The first kappa shape index (κ1) is 20.8. The second kappa shape index (κ2) is 8.71. The van der Waals surface area contributed by atoms with Crippen LogP contribution in [0.3, 0.4) is 0 Å². The molecule has 1 saturated heterocycles. The number of carbonyl (C=O) groups excluding carboxylic acids is 1. The Morgan fingerprint density at radius 3 is 2.48 bits per heavy atom. The molecule has 0 unspecified atom stereocenters. The van der Waals surface area contributed by atoms with Gasteiger partial charge < -0.3 is 23.7 Å². The van der Waals surface area contributed by atoms with Crippen molar-refractivity contribution >= 4 is 22.6 Å². The molecule has 4 rings (SSSR count). The molecule has 3 aromatic rings. The molecule has 1 aliphatic rings. The predicted octanol–water partition coefficient (Wildman–Crippen LogP) is 3.55. The van der Waals surface area contributed by atoms with E-state index in [2.05, 4.69) is 4.90 Å². The van der Waals surface area contributed by atoms with Crippen molar-refractivity contribution in [1.29, 1.82) is 0 Å². The first-order valence-corrected chi connectivity index (χ1v) is 10.4. The number of rotatable bonds is 5. The van der Waals surface area contributed by atoms with Gasteiger partial charge >= 0.3 is 5.63 Å². The summed E-state index contributed by atoms with van der Waals surface area (Å²) in [7, 11) is 1.66. The van der Waals surface area contributed by atoms with E-state index in [1.54, 1.807) is 30.2 Å². The Morgan fingerprint density at radius 1 is 1.03 bits per heavy atom. The van der Waals surface area contributed by atoms with E-state index in [-0.39, 0.29) is 12.0 Å². The maximum atomic E-state index is 13.3. The summed E-state index contributed by atoms with van der Waals surface area (Å²) in [5, 5.41) is 0.605. The number of fused-ring (bicyclic) bond motifs is 1. The van der Waals surface area contributed by atoms with Gasteiger partial charge in [-0.15, -0.1) is 0 Å². The number of carbonyl (C=O) groups is 1. The van der Waals surface area contributed by atoms with Crippen molar-refractivity contribution in [2.75, 3.05) is 38.2 Å². The van der Waals surface area contributed by atoms with Gasteiger partial charge in [0.15, 0.2) is 0 Å². The second-order valence-electron chi connectivity index (χ2n) is 7.75. The smallest absolute Gasteiger partial charge is 0.337 e. The molecule has 0 spiro atoms. The minimum atomic E-state index is -0.551. The summed E-state index contributed by atoms with van der Waals surface area (Å²) >= 11 is 0. The molecule has 0 radical (unpaired) electrons. The fraction of sp³-hybridized carbons (Fsp3) is 0.333. The van der Waals surface area contributed by atoms with Gasteiger partial charge in [-0.2, -0.15) is 0 Å². The van der Waals surface area contributed by atoms with Gasteiger partial charge in [0.05, 0.1) is 24.5 Å². The molecule has 31 heavy (non-hydrogen) atoms. The van der Waals surface area contributed by atoms with E-state index in [9.17, 15) is 9.59 Å². The second-order valence-corrected chi connectivity index (χ2v) is 7.75. The van der Waals surface area contributed by atoms with Crippen LogP contribution in [0.15, 0.2) is 57.7 Å². The van der Waals surface area contributed by atoms with E-state index >= 15 is 0 Å². The molecular formula is C24H26N2O5. The average Bonchev–Trinajstić information content (AvgIpc) is 2.77. The lowest BCUT2D eigenvalue weighted by atomic mass is 10.1. The molecule has 0 N–H and O–H groups in total. The van der Waals surface area contributed by atoms with Gasteiger partial charge in [-0.05, 0) is 38.1 Å². The van der Waals surface area contributed by atoms with Crippen molar-refractivity contribution < 1.29 is 18.7 Å². The van der Waals surface area contributed by atoms with E-state index < -0.39 is 5.63 Å². The van der Waals surface area contributed by atoms with E-state index in [1.807, 2.05) is 38.1 Å². The lowest BCUT2D eigenvalue weighted by molar-refractivity contribution is 0.0748. The maximum absolute atomic E-state index is 13.3. The van der Waals surface area contributed by atoms with Crippen LogP contribution in [0.2, 0.25) is 0 Å². The number of ether oxygens (including phenoxy) is 2. The number of nitrogens with zero attached hydrogens (tertiary/aromatic N) is 2. The maximum Gasteiger partial charge on any atom is 0.337 e. The van der Waals surface area contributed by atoms with E-state index in [1.165, 1.54) is 6.07 Å². The van der Waals surface area contributed by atoms with Crippen molar-refractivity contribution in [3.8, 4) is 11.5 Å². The summed E-state index contributed by atoms with van der Waals surface area (Å²) in [6.07, 6.45) is -0.00600. The molecule has 1 amide bonds. The Morgan fingerprint density at radius 2 is 1.77 bits per heavy atom. The van der Waals surface area contributed by atoms with Crippen LogP contribution in [0.5, 0.6) is 11.5 Å². The normalized spacial score (nSPS) is 14.2. The van der Waals surface area contributed by atoms with Gasteiger partial charge in [-0.1, -0.05) is 12.1 Å². The molecule has 1 fully saturated rings. The third-order valence-electron chi connectivity index (χ3n) is 5.31. The SMILES string of the molecule is COc1ccccc1N1CCN(C(=O)c2cc(=O)oc3cc(OC(C)C)ccc23)CC1. The predicted molar refractivity (Wildman–Crippen MR) is 119 cm³/mol. The zero-order valence-electron chi connectivity index (χ0n) is 18.0. The van der Waals surface area contributed by atoms with Crippen LogP contribution in [0.4, 0.5) is 5.69 Å². The molecule has 0 bridgehead atoms. The minimum Gasteiger partial charge on any atom is -0.495 e. The summed E-state index contributed by atoms with van der Waals surface area (Å²) in [5.74, 6) is 1.24. The highest BCUT2D eigenvalue weighted by Gasteiger charge is 2.25. The highest BCUT2D eigenvalue weighted by Crippen LogP contribution is 2.29. The molecule has 0 aliphatic carbocycles. The van der Waals surface area contributed by atoms with Gasteiger partial charge in [-0.3, -0.25) is 4.79 Å². The first-order valence-electron chi connectivity index (χ1n) is 10.4. The number of para-hydroxylation sites is 2. The molecule has 1 aliphatic heterocycles. The van der Waals surface area contributed by atoms with Crippen LogP contribution >= 0.6 is 0 Å². The quantitative estimate of drug-likeness (QED) is 0.586. The number of hydrogen-bond donors (Lipinski definition) is 0. The number of amides is 1. The molecule has 2 heterocycles. The van der Waals surface area contributed by atoms with Crippen LogP contribution < -0.4 is 20.0 Å². The van der Waals surface area contributed by atoms with Crippen molar-refractivity contribution in [2.24, 2.45) is 0 Å². The standard InChI is InChI=1S/C24H26N2O5/c1-16(2)30-17-8-9-18-19(15-23(27)31-22(18)14-17)24(28)26-12-10-25(11-13-26)20-6-4-5-7-21(20)29-3/h4-9,14-16H,10-13H2,1-3H3. The number of piperazine rings is 1. The van der Waals surface area contributed by atoms with Crippen molar-refractivity contribution in [3.63, 3.8) is 0 Å². The molecule has 1 aromatic heterocycles. The molecule has 162 valence electrons. The summed E-state index contributed by atoms with van der Waals surface area (Å²) in [4.78, 5) is 29.4. The third kappa shape index (κ3) is 4.35. The topological polar surface area (TPSA) is 72.2 Å². The lowest BCUT2D eigenvalue weighted by Gasteiger charge is -2.36. The third-order valence-corrected chi connectivity index (χ3v) is 5.31.